The fraction of sp³-hybridized carbons (Fsp3) is 0.467. The number of hydrogen-bond donors (Lipinski definition) is 0. The lowest BCUT2D eigenvalue weighted by molar-refractivity contribution is -0.769. The van der Waals surface area contributed by atoms with E-state index in [0.29, 0.717) is 0 Å². The van der Waals surface area contributed by atoms with Gasteiger partial charge < -0.3 is 23.8 Å². The SMILES string of the molecule is CC(=O)Oc1ccccc1C(=O)O[C@H]1CO[C@H]2[C@@H]1OC[C@H]2O[N+](=O)[O-]. The molecule has 0 amide bonds. The Morgan fingerprint density at radius 3 is 2.48 bits per heavy atom. The molecule has 0 spiro atoms. The minimum absolute atomic E-state index is 0.0222. The molecule has 0 aromatic heterocycles. The fourth-order valence-corrected chi connectivity index (χ4v) is 2.81. The topological polar surface area (TPSA) is 123 Å². The number of carbonyl (C=O) groups is 2. The highest BCUT2D eigenvalue weighted by Gasteiger charge is 2.51. The third kappa shape index (κ3) is 3.69. The van der Waals surface area contributed by atoms with Gasteiger partial charge in [-0.2, -0.15) is 0 Å². The summed E-state index contributed by atoms with van der Waals surface area (Å²) in [7, 11) is 0. The summed E-state index contributed by atoms with van der Waals surface area (Å²) in [6, 6.07) is 6.15. The zero-order valence-corrected chi connectivity index (χ0v) is 13.2. The highest BCUT2D eigenvalue weighted by atomic mass is 17.0. The lowest BCUT2D eigenvalue weighted by Crippen LogP contribution is -2.35. The predicted octanol–water partition coefficient (Wildman–Crippen LogP) is 0.512. The summed E-state index contributed by atoms with van der Waals surface area (Å²) in [5.41, 5.74) is 0.0808. The highest BCUT2D eigenvalue weighted by Crippen LogP contribution is 2.31. The molecule has 1 aromatic rings. The number of esters is 2. The molecule has 10 heteroatoms. The first-order valence-electron chi connectivity index (χ1n) is 7.48. The summed E-state index contributed by atoms with van der Waals surface area (Å²) in [6.45, 7) is 1.21. The van der Waals surface area contributed by atoms with Gasteiger partial charge in [-0.1, -0.05) is 12.1 Å². The molecule has 2 heterocycles. The van der Waals surface area contributed by atoms with Crippen LogP contribution in [0.5, 0.6) is 5.75 Å². The number of ether oxygens (including phenoxy) is 4. The first-order valence-corrected chi connectivity index (χ1v) is 7.48. The maximum Gasteiger partial charge on any atom is 0.342 e. The van der Waals surface area contributed by atoms with Gasteiger partial charge >= 0.3 is 11.9 Å². The Morgan fingerprint density at radius 1 is 1.16 bits per heavy atom. The van der Waals surface area contributed by atoms with Gasteiger partial charge in [-0.15, -0.1) is 10.1 Å². The van der Waals surface area contributed by atoms with Crippen molar-refractivity contribution in [2.75, 3.05) is 13.2 Å². The molecule has 2 fully saturated rings. The Balaban J connectivity index is 1.67. The van der Waals surface area contributed by atoms with Crippen molar-refractivity contribution >= 4 is 11.9 Å². The van der Waals surface area contributed by atoms with E-state index in [2.05, 4.69) is 4.84 Å². The summed E-state index contributed by atoms with van der Waals surface area (Å²) in [5, 5.41) is 9.55. The third-order valence-electron chi connectivity index (χ3n) is 3.80. The zero-order valence-electron chi connectivity index (χ0n) is 13.2. The quantitative estimate of drug-likeness (QED) is 0.322. The van der Waals surface area contributed by atoms with Crippen molar-refractivity contribution in [3.8, 4) is 5.75 Å². The van der Waals surface area contributed by atoms with Crippen LogP contribution in [-0.4, -0.2) is 54.7 Å². The molecule has 0 radical (unpaired) electrons. The second-order valence-electron chi connectivity index (χ2n) is 5.50. The summed E-state index contributed by atoms with van der Waals surface area (Å²) in [5.74, 6) is -1.20. The normalized spacial score (nSPS) is 27.4. The molecule has 2 saturated heterocycles. The van der Waals surface area contributed by atoms with Crippen molar-refractivity contribution in [3.05, 3.63) is 39.9 Å². The lowest BCUT2D eigenvalue weighted by atomic mass is 10.1. The number of nitrogens with zero attached hydrogens (tertiary/aromatic N) is 1. The van der Waals surface area contributed by atoms with E-state index in [1.54, 1.807) is 12.1 Å². The number of fused-ring (bicyclic) bond motifs is 1. The third-order valence-corrected chi connectivity index (χ3v) is 3.80. The minimum atomic E-state index is -0.908. The van der Waals surface area contributed by atoms with Gasteiger partial charge in [-0.25, -0.2) is 4.79 Å². The molecule has 0 saturated carbocycles. The van der Waals surface area contributed by atoms with E-state index in [4.69, 9.17) is 18.9 Å². The molecule has 134 valence electrons. The monoisotopic (exact) mass is 353 g/mol. The average molecular weight is 353 g/mol. The van der Waals surface area contributed by atoms with Crippen molar-refractivity contribution in [3.63, 3.8) is 0 Å². The van der Waals surface area contributed by atoms with Gasteiger partial charge in [0.05, 0.1) is 13.2 Å². The molecule has 2 aliphatic rings. The van der Waals surface area contributed by atoms with E-state index in [1.807, 2.05) is 0 Å². The van der Waals surface area contributed by atoms with Crippen LogP contribution in [0.4, 0.5) is 0 Å². The molecule has 3 rings (SSSR count). The highest BCUT2D eigenvalue weighted by molar-refractivity contribution is 5.93. The molecule has 0 aliphatic carbocycles. The van der Waals surface area contributed by atoms with E-state index in [0.717, 1.165) is 0 Å². The first kappa shape index (κ1) is 17.1. The zero-order chi connectivity index (χ0) is 18.0. The Hall–Kier alpha value is -2.72. The summed E-state index contributed by atoms with van der Waals surface area (Å²) >= 11 is 0. The van der Waals surface area contributed by atoms with E-state index in [9.17, 15) is 19.7 Å². The van der Waals surface area contributed by atoms with Crippen LogP contribution in [0.2, 0.25) is 0 Å². The molecule has 2 aliphatic heterocycles. The molecule has 0 bridgehead atoms. The number of para-hydroxylation sites is 1. The van der Waals surface area contributed by atoms with Crippen LogP contribution >= 0.6 is 0 Å². The number of rotatable bonds is 5. The Labute approximate surface area is 141 Å². The van der Waals surface area contributed by atoms with Crippen molar-refractivity contribution < 1.29 is 38.5 Å². The van der Waals surface area contributed by atoms with Crippen LogP contribution < -0.4 is 4.74 Å². The Kier molecular flexibility index (Phi) is 4.81. The molecule has 0 N–H and O–H groups in total. The first-order chi connectivity index (χ1) is 12.0. The van der Waals surface area contributed by atoms with Crippen molar-refractivity contribution in [1.82, 2.24) is 0 Å². The van der Waals surface area contributed by atoms with Gasteiger partial charge in [-0.3, -0.25) is 4.79 Å². The van der Waals surface area contributed by atoms with E-state index < -0.39 is 41.4 Å². The summed E-state index contributed by atoms with van der Waals surface area (Å²) < 4.78 is 21.2. The van der Waals surface area contributed by atoms with Crippen LogP contribution in [0.25, 0.3) is 0 Å². The number of hydrogen-bond acceptors (Lipinski definition) is 9. The number of benzene rings is 1. The smallest absolute Gasteiger partial charge is 0.342 e. The van der Waals surface area contributed by atoms with Crippen LogP contribution in [-0.2, 0) is 23.8 Å². The standard InChI is InChI=1S/C15H15NO9/c1-8(17)23-10-5-3-2-4-9(10)15(18)24-11-6-21-14-12(25-16(19)20)7-22-13(11)14/h2-5,11-14H,6-7H2,1H3/t11-,12+,13+,14+/m0/s1. The molecule has 0 unspecified atom stereocenters. The summed E-state index contributed by atoms with van der Waals surface area (Å²) in [6.07, 6.45) is -2.96. The van der Waals surface area contributed by atoms with Crippen LogP contribution in [0.15, 0.2) is 24.3 Å². The van der Waals surface area contributed by atoms with Crippen molar-refractivity contribution in [2.24, 2.45) is 0 Å². The van der Waals surface area contributed by atoms with Crippen LogP contribution in [0.1, 0.15) is 17.3 Å². The second kappa shape index (κ2) is 7.03. The summed E-state index contributed by atoms with van der Waals surface area (Å²) in [4.78, 5) is 38.5. The minimum Gasteiger partial charge on any atom is -0.453 e. The molecule has 25 heavy (non-hydrogen) atoms. The van der Waals surface area contributed by atoms with Crippen LogP contribution in [0, 0.1) is 10.1 Å². The van der Waals surface area contributed by atoms with E-state index in [-0.39, 0.29) is 24.5 Å². The van der Waals surface area contributed by atoms with Gasteiger partial charge in [-0.05, 0) is 12.1 Å². The Bertz CT molecular complexity index is 691. The molecule has 1 aromatic carbocycles. The van der Waals surface area contributed by atoms with Gasteiger partial charge in [0, 0.05) is 6.92 Å². The van der Waals surface area contributed by atoms with Crippen molar-refractivity contribution in [2.45, 2.75) is 31.3 Å². The maximum atomic E-state index is 12.4. The molecule has 4 atom stereocenters. The van der Waals surface area contributed by atoms with E-state index >= 15 is 0 Å². The van der Waals surface area contributed by atoms with Crippen molar-refractivity contribution in [1.29, 1.82) is 0 Å². The average Bonchev–Trinajstić information content (AvgIpc) is 3.11. The Morgan fingerprint density at radius 2 is 1.80 bits per heavy atom. The fourth-order valence-electron chi connectivity index (χ4n) is 2.81. The second-order valence-corrected chi connectivity index (χ2v) is 5.50. The maximum absolute atomic E-state index is 12.4. The van der Waals surface area contributed by atoms with E-state index in [1.165, 1.54) is 19.1 Å². The largest absolute Gasteiger partial charge is 0.453 e. The van der Waals surface area contributed by atoms with Gasteiger partial charge in [0.15, 0.2) is 12.2 Å². The molecular formula is C15H15NO9. The number of carbonyl (C=O) groups excluding carboxylic acids is 2. The predicted molar refractivity (Wildman–Crippen MR) is 78.3 cm³/mol. The molecular weight excluding hydrogens is 338 g/mol. The van der Waals surface area contributed by atoms with Gasteiger partial charge in [0.1, 0.15) is 23.5 Å². The van der Waals surface area contributed by atoms with Crippen LogP contribution in [0.3, 0.4) is 0 Å². The molecule has 10 nitrogen and oxygen atoms in total. The lowest BCUT2D eigenvalue weighted by Gasteiger charge is -2.17. The van der Waals surface area contributed by atoms with Gasteiger partial charge in [0.25, 0.3) is 5.09 Å². The van der Waals surface area contributed by atoms with Gasteiger partial charge in [0.2, 0.25) is 0 Å².